The minimum Gasteiger partial charge on any atom is -0.496 e. The number of nitrogens with zero attached hydrogens (tertiary/aromatic N) is 5. The van der Waals surface area contributed by atoms with Crippen LogP contribution in [0.4, 0.5) is 5.95 Å². The van der Waals surface area contributed by atoms with Crippen LogP contribution in [0.1, 0.15) is 23.9 Å². The number of hydrogen-bond acceptors (Lipinski definition) is 8. The van der Waals surface area contributed by atoms with Gasteiger partial charge in [-0.25, -0.2) is 9.97 Å². The molecule has 4 rings (SSSR count). The summed E-state index contributed by atoms with van der Waals surface area (Å²) >= 11 is 0. The normalized spacial score (nSPS) is 10.8. The van der Waals surface area contributed by atoms with Gasteiger partial charge in [0.25, 0.3) is 0 Å². The zero-order chi connectivity index (χ0) is 20.9. The molecule has 8 nitrogen and oxygen atoms in total. The third kappa shape index (κ3) is 3.84. The van der Waals surface area contributed by atoms with Crippen LogP contribution in [0.25, 0.3) is 22.5 Å². The molecule has 0 aliphatic rings. The summed E-state index contributed by atoms with van der Waals surface area (Å²) < 4.78 is 10.9. The smallest absolute Gasteiger partial charge is 0.223 e. The zero-order valence-electron chi connectivity index (χ0n) is 17.1. The van der Waals surface area contributed by atoms with Gasteiger partial charge in [0.05, 0.1) is 36.0 Å². The van der Waals surface area contributed by atoms with Gasteiger partial charge >= 0.3 is 0 Å². The lowest BCUT2D eigenvalue weighted by Crippen LogP contribution is -2.07. The maximum Gasteiger partial charge on any atom is 0.223 e. The van der Waals surface area contributed by atoms with Gasteiger partial charge < -0.3 is 14.6 Å². The molecular formula is C22H22N6O2. The van der Waals surface area contributed by atoms with Gasteiger partial charge in [-0.05, 0) is 13.0 Å². The molecule has 0 amide bonds. The number of methoxy groups -OCH3 is 1. The van der Waals surface area contributed by atoms with E-state index in [4.69, 9.17) is 14.2 Å². The Labute approximate surface area is 174 Å². The van der Waals surface area contributed by atoms with Crippen LogP contribution in [-0.2, 0) is 13.0 Å². The molecule has 0 atom stereocenters. The molecule has 0 aliphatic heterocycles. The second kappa shape index (κ2) is 8.69. The average Bonchev–Trinajstić information content (AvgIpc) is 3.18. The van der Waals surface area contributed by atoms with E-state index in [1.165, 1.54) is 0 Å². The monoisotopic (exact) mass is 402 g/mol. The third-order valence-electron chi connectivity index (χ3n) is 4.75. The van der Waals surface area contributed by atoms with Crippen molar-refractivity contribution >= 4 is 5.95 Å². The predicted octanol–water partition coefficient (Wildman–Crippen LogP) is 4.08. The number of rotatable bonds is 7. The Morgan fingerprint density at radius 3 is 2.73 bits per heavy atom. The molecular weight excluding hydrogens is 380 g/mol. The van der Waals surface area contributed by atoms with Crippen molar-refractivity contribution in [3.05, 3.63) is 66.1 Å². The lowest BCUT2D eigenvalue weighted by Gasteiger charge is -2.12. The summed E-state index contributed by atoms with van der Waals surface area (Å²) in [5.74, 6) is 2.07. The maximum absolute atomic E-state index is 5.51. The molecule has 0 fully saturated rings. The Morgan fingerprint density at radius 1 is 1.10 bits per heavy atom. The lowest BCUT2D eigenvalue weighted by molar-refractivity contribution is 0.383. The molecule has 0 unspecified atom stereocenters. The fraction of sp³-hybridized carbons (Fsp3) is 0.227. The summed E-state index contributed by atoms with van der Waals surface area (Å²) in [5, 5.41) is 7.42. The second-order valence-electron chi connectivity index (χ2n) is 6.63. The van der Waals surface area contributed by atoms with Crippen LogP contribution in [0, 0.1) is 6.92 Å². The van der Waals surface area contributed by atoms with E-state index in [9.17, 15) is 0 Å². The quantitative estimate of drug-likeness (QED) is 0.494. The van der Waals surface area contributed by atoms with Crippen LogP contribution in [0.5, 0.6) is 5.75 Å². The lowest BCUT2D eigenvalue weighted by atomic mass is 10.0. The standard InChI is InChI=1S/C22H22N6O2/c1-4-18-20(14(2)28-30-18)21-16(17-13-23-9-10-24-17)12-26-22(27-21)25-11-15-7-5-6-8-19(15)29-3/h5-10,12-13H,4,11H2,1-3H3,(H,25,26,27). The second-order valence-corrected chi connectivity index (χ2v) is 6.63. The molecule has 30 heavy (non-hydrogen) atoms. The highest BCUT2D eigenvalue weighted by atomic mass is 16.5. The number of hydrogen-bond donors (Lipinski definition) is 1. The number of benzene rings is 1. The number of aryl methyl sites for hydroxylation is 2. The van der Waals surface area contributed by atoms with Crippen molar-refractivity contribution < 1.29 is 9.26 Å². The van der Waals surface area contributed by atoms with Gasteiger partial charge in [-0.15, -0.1) is 0 Å². The average molecular weight is 402 g/mol. The van der Waals surface area contributed by atoms with Gasteiger partial charge in [-0.1, -0.05) is 30.3 Å². The van der Waals surface area contributed by atoms with Crippen molar-refractivity contribution in [3.63, 3.8) is 0 Å². The van der Waals surface area contributed by atoms with Gasteiger partial charge in [0.1, 0.15) is 11.5 Å². The van der Waals surface area contributed by atoms with E-state index >= 15 is 0 Å². The predicted molar refractivity (Wildman–Crippen MR) is 113 cm³/mol. The maximum atomic E-state index is 5.51. The van der Waals surface area contributed by atoms with Gasteiger partial charge in [0.15, 0.2) is 0 Å². The van der Waals surface area contributed by atoms with Gasteiger partial charge in [0, 0.05) is 42.7 Å². The van der Waals surface area contributed by atoms with E-state index in [1.807, 2.05) is 38.1 Å². The van der Waals surface area contributed by atoms with Crippen molar-refractivity contribution in [3.8, 4) is 28.3 Å². The Kier molecular flexibility index (Phi) is 5.65. The van der Waals surface area contributed by atoms with Gasteiger partial charge in [-0.2, -0.15) is 0 Å². The molecule has 3 heterocycles. The number of nitrogens with one attached hydrogen (secondary N) is 1. The molecule has 0 spiro atoms. The highest BCUT2D eigenvalue weighted by molar-refractivity contribution is 5.80. The van der Waals surface area contributed by atoms with Gasteiger partial charge in [-0.3, -0.25) is 9.97 Å². The molecule has 0 saturated heterocycles. The largest absolute Gasteiger partial charge is 0.496 e. The van der Waals surface area contributed by atoms with Crippen molar-refractivity contribution in [2.45, 2.75) is 26.8 Å². The Hall–Kier alpha value is -3.81. The van der Waals surface area contributed by atoms with Crippen molar-refractivity contribution in [2.24, 2.45) is 0 Å². The van der Waals surface area contributed by atoms with Crippen LogP contribution in [0.2, 0.25) is 0 Å². The molecule has 0 aliphatic carbocycles. The number of aromatic nitrogens is 5. The molecule has 0 radical (unpaired) electrons. The van der Waals surface area contributed by atoms with E-state index in [0.29, 0.717) is 30.3 Å². The Bertz CT molecular complexity index is 1140. The van der Waals surface area contributed by atoms with Crippen LogP contribution in [0.3, 0.4) is 0 Å². The van der Waals surface area contributed by atoms with E-state index < -0.39 is 0 Å². The van der Waals surface area contributed by atoms with E-state index in [1.54, 1.807) is 31.9 Å². The van der Waals surface area contributed by atoms with Crippen LogP contribution in [0.15, 0.2) is 53.6 Å². The fourth-order valence-corrected chi connectivity index (χ4v) is 3.27. The third-order valence-corrected chi connectivity index (χ3v) is 4.75. The minimum absolute atomic E-state index is 0.492. The Morgan fingerprint density at radius 2 is 1.97 bits per heavy atom. The highest BCUT2D eigenvalue weighted by Crippen LogP contribution is 2.34. The summed E-state index contributed by atoms with van der Waals surface area (Å²) in [6.45, 7) is 4.45. The molecule has 1 N–H and O–H groups in total. The first-order chi connectivity index (χ1) is 14.7. The van der Waals surface area contributed by atoms with Crippen LogP contribution in [-0.4, -0.2) is 32.2 Å². The van der Waals surface area contributed by atoms with Crippen molar-refractivity contribution in [1.29, 1.82) is 0 Å². The minimum atomic E-state index is 0.492. The molecule has 3 aromatic heterocycles. The first-order valence-electron chi connectivity index (χ1n) is 9.66. The van der Waals surface area contributed by atoms with E-state index in [2.05, 4.69) is 25.4 Å². The topological polar surface area (TPSA) is 98.9 Å². The molecule has 4 aromatic rings. The zero-order valence-corrected chi connectivity index (χ0v) is 17.1. The SMILES string of the molecule is CCc1onc(C)c1-c1nc(NCc2ccccc2OC)ncc1-c1cnccn1. The molecule has 8 heteroatoms. The summed E-state index contributed by atoms with van der Waals surface area (Å²) in [7, 11) is 1.66. The molecule has 0 bridgehead atoms. The van der Waals surface area contributed by atoms with E-state index in [0.717, 1.165) is 33.9 Å². The fourth-order valence-electron chi connectivity index (χ4n) is 3.27. The number of anilines is 1. The first kappa shape index (κ1) is 19.5. The first-order valence-corrected chi connectivity index (χ1v) is 9.66. The van der Waals surface area contributed by atoms with Crippen molar-refractivity contribution in [1.82, 2.24) is 25.1 Å². The summed E-state index contributed by atoms with van der Waals surface area (Å²) in [4.78, 5) is 17.9. The van der Waals surface area contributed by atoms with Crippen LogP contribution < -0.4 is 10.1 Å². The highest BCUT2D eigenvalue weighted by Gasteiger charge is 2.21. The van der Waals surface area contributed by atoms with Crippen LogP contribution >= 0.6 is 0 Å². The van der Waals surface area contributed by atoms with E-state index in [-0.39, 0.29) is 0 Å². The Balaban J connectivity index is 1.75. The summed E-state index contributed by atoms with van der Waals surface area (Å²) in [6, 6.07) is 7.83. The number of ether oxygens (including phenoxy) is 1. The molecule has 0 saturated carbocycles. The molecule has 152 valence electrons. The molecule has 1 aromatic carbocycles. The summed E-state index contributed by atoms with van der Waals surface area (Å²) in [6.07, 6.45) is 7.43. The van der Waals surface area contributed by atoms with Gasteiger partial charge in [0.2, 0.25) is 5.95 Å². The summed E-state index contributed by atoms with van der Waals surface area (Å²) in [5.41, 5.74) is 4.81. The number of para-hydroxylation sites is 1. The van der Waals surface area contributed by atoms with Crippen molar-refractivity contribution in [2.75, 3.05) is 12.4 Å².